The Hall–Kier alpha value is -0.340. The van der Waals surface area contributed by atoms with E-state index in [1.165, 1.54) is 37.9 Å². The predicted octanol–water partition coefficient (Wildman–Crippen LogP) is 2.81. The number of hydrogen-bond donors (Lipinski definition) is 1. The Morgan fingerprint density at radius 1 is 1.38 bits per heavy atom. The van der Waals surface area contributed by atoms with E-state index < -0.39 is 0 Å². The van der Waals surface area contributed by atoms with Gasteiger partial charge in [-0.3, -0.25) is 4.90 Å². The van der Waals surface area contributed by atoms with E-state index in [0.717, 1.165) is 0 Å². The molecule has 0 bridgehead atoms. The van der Waals surface area contributed by atoms with Crippen molar-refractivity contribution in [1.82, 2.24) is 10.2 Å². The number of hydrogen-bond acceptors (Lipinski definition) is 2. The molecule has 0 amide bonds. The van der Waals surface area contributed by atoms with Gasteiger partial charge in [0.05, 0.1) is 0 Å². The van der Waals surface area contributed by atoms with Crippen LogP contribution in [0.3, 0.4) is 0 Å². The standard InChI is InChI=1S/C14H28N2/c1-6-14(4,16-9-7-8-10-16)13(15-5)11-12(2)3/h11,13,15H,6-10H2,1-5H3. The van der Waals surface area contributed by atoms with Crippen molar-refractivity contribution >= 4 is 0 Å². The summed E-state index contributed by atoms with van der Waals surface area (Å²) < 4.78 is 0. The second kappa shape index (κ2) is 5.83. The molecular formula is C14H28N2. The van der Waals surface area contributed by atoms with Crippen LogP contribution in [0, 0.1) is 0 Å². The van der Waals surface area contributed by atoms with Crippen molar-refractivity contribution in [3.05, 3.63) is 11.6 Å². The van der Waals surface area contributed by atoms with Gasteiger partial charge >= 0.3 is 0 Å². The van der Waals surface area contributed by atoms with Crippen LogP contribution in [0.25, 0.3) is 0 Å². The van der Waals surface area contributed by atoms with Gasteiger partial charge in [-0.15, -0.1) is 0 Å². The average Bonchev–Trinajstić information content (AvgIpc) is 2.78. The zero-order valence-electron chi connectivity index (χ0n) is 11.6. The third-order valence-corrected chi connectivity index (χ3v) is 4.03. The lowest BCUT2D eigenvalue weighted by molar-refractivity contribution is 0.104. The molecule has 1 N–H and O–H groups in total. The number of nitrogens with zero attached hydrogens (tertiary/aromatic N) is 1. The van der Waals surface area contributed by atoms with Gasteiger partial charge in [0, 0.05) is 11.6 Å². The maximum Gasteiger partial charge on any atom is 0.0433 e. The third kappa shape index (κ3) is 2.86. The van der Waals surface area contributed by atoms with Crippen molar-refractivity contribution in [3.63, 3.8) is 0 Å². The maximum absolute atomic E-state index is 3.48. The first-order chi connectivity index (χ1) is 7.54. The van der Waals surface area contributed by atoms with Gasteiger partial charge < -0.3 is 5.32 Å². The van der Waals surface area contributed by atoms with Gasteiger partial charge in [0.2, 0.25) is 0 Å². The molecule has 0 saturated carbocycles. The lowest BCUT2D eigenvalue weighted by Gasteiger charge is -2.43. The molecule has 2 atom stereocenters. The van der Waals surface area contributed by atoms with E-state index in [4.69, 9.17) is 0 Å². The van der Waals surface area contributed by atoms with Crippen LogP contribution in [-0.2, 0) is 0 Å². The summed E-state index contributed by atoms with van der Waals surface area (Å²) in [5.74, 6) is 0. The summed E-state index contributed by atoms with van der Waals surface area (Å²) in [5.41, 5.74) is 1.67. The zero-order valence-corrected chi connectivity index (χ0v) is 11.6. The van der Waals surface area contributed by atoms with Gasteiger partial charge in [0.15, 0.2) is 0 Å². The van der Waals surface area contributed by atoms with Gasteiger partial charge in [-0.2, -0.15) is 0 Å². The lowest BCUT2D eigenvalue weighted by Crippen LogP contribution is -2.57. The van der Waals surface area contributed by atoms with Crippen molar-refractivity contribution in [1.29, 1.82) is 0 Å². The molecule has 0 aromatic carbocycles. The molecule has 2 heteroatoms. The molecular weight excluding hydrogens is 196 g/mol. The highest BCUT2D eigenvalue weighted by atomic mass is 15.2. The smallest absolute Gasteiger partial charge is 0.0433 e. The van der Waals surface area contributed by atoms with Crippen LogP contribution >= 0.6 is 0 Å². The molecule has 1 aliphatic rings. The minimum Gasteiger partial charge on any atom is -0.312 e. The van der Waals surface area contributed by atoms with Gasteiger partial charge in [0.25, 0.3) is 0 Å². The molecule has 16 heavy (non-hydrogen) atoms. The summed E-state index contributed by atoms with van der Waals surface area (Å²) in [4.78, 5) is 2.66. The van der Waals surface area contributed by atoms with Crippen molar-refractivity contribution < 1.29 is 0 Å². The first-order valence-electron chi connectivity index (χ1n) is 6.62. The Balaban J connectivity index is 2.86. The van der Waals surface area contributed by atoms with Crippen molar-refractivity contribution in [2.24, 2.45) is 0 Å². The summed E-state index contributed by atoms with van der Waals surface area (Å²) in [6.45, 7) is 11.6. The summed E-state index contributed by atoms with van der Waals surface area (Å²) in [6, 6.07) is 0.459. The van der Waals surface area contributed by atoms with Crippen molar-refractivity contribution in [2.75, 3.05) is 20.1 Å². The Morgan fingerprint density at radius 2 is 1.94 bits per heavy atom. The fraction of sp³-hybridized carbons (Fsp3) is 0.857. The summed E-state index contributed by atoms with van der Waals surface area (Å²) in [5, 5.41) is 3.48. The first-order valence-corrected chi connectivity index (χ1v) is 6.62. The second-order valence-electron chi connectivity index (χ2n) is 5.42. The number of rotatable bonds is 5. The molecule has 2 unspecified atom stereocenters. The predicted molar refractivity (Wildman–Crippen MR) is 71.8 cm³/mol. The number of nitrogens with one attached hydrogen (secondary N) is 1. The number of allylic oxidation sites excluding steroid dienone is 1. The van der Waals surface area contributed by atoms with Crippen LogP contribution in [0.5, 0.6) is 0 Å². The highest BCUT2D eigenvalue weighted by Crippen LogP contribution is 2.28. The Labute approximate surface area is 101 Å². The molecule has 94 valence electrons. The molecule has 0 spiro atoms. The SMILES string of the molecule is CCC(C)(C(C=C(C)C)NC)N1CCCC1. The normalized spacial score (nSPS) is 22.8. The van der Waals surface area contributed by atoms with Crippen LogP contribution in [0.2, 0.25) is 0 Å². The maximum atomic E-state index is 3.48. The molecule has 1 rings (SSSR count). The molecule has 0 aromatic rings. The molecule has 1 fully saturated rings. The van der Waals surface area contributed by atoms with Crippen LogP contribution in [0.1, 0.15) is 47.0 Å². The van der Waals surface area contributed by atoms with E-state index in [9.17, 15) is 0 Å². The minimum absolute atomic E-state index is 0.266. The van der Waals surface area contributed by atoms with E-state index in [-0.39, 0.29) is 5.54 Å². The average molecular weight is 224 g/mol. The van der Waals surface area contributed by atoms with Gasteiger partial charge in [-0.1, -0.05) is 18.6 Å². The Bertz CT molecular complexity index is 237. The number of likely N-dealkylation sites (tertiary alicyclic amines) is 1. The van der Waals surface area contributed by atoms with Gasteiger partial charge in [-0.05, 0) is 60.2 Å². The van der Waals surface area contributed by atoms with E-state index in [1.54, 1.807) is 0 Å². The molecule has 0 radical (unpaired) electrons. The fourth-order valence-electron chi connectivity index (χ4n) is 2.78. The highest BCUT2D eigenvalue weighted by Gasteiger charge is 2.37. The summed E-state index contributed by atoms with van der Waals surface area (Å²) in [7, 11) is 2.08. The Kier molecular flexibility index (Phi) is 5.00. The zero-order chi connectivity index (χ0) is 12.2. The lowest BCUT2D eigenvalue weighted by atomic mass is 9.86. The Morgan fingerprint density at radius 3 is 2.31 bits per heavy atom. The van der Waals surface area contributed by atoms with Crippen molar-refractivity contribution in [3.8, 4) is 0 Å². The summed E-state index contributed by atoms with van der Waals surface area (Å²) in [6.07, 6.45) is 6.30. The molecule has 0 aromatic heterocycles. The van der Waals surface area contributed by atoms with Crippen LogP contribution in [0.4, 0.5) is 0 Å². The first kappa shape index (κ1) is 13.7. The largest absolute Gasteiger partial charge is 0.312 e. The second-order valence-corrected chi connectivity index (χ2v) is 5.42. The summed E-state index contributed by atoms with van der Waals surface area (Å²) >= 11 is 0. The number of likely N-dealkylation sites (N-methyl/N-ethyl adjacent to an activating group) is 1. The molecule has 2 nitrogen and oxygen atoms in total. The molecule has 1 saturated heterocycles. The van der Waals surface area contributed by atoms with E-state index in [1.807, 2.05) is 0 Å². The van der Waals surface area contributed by atoms with Gasteiger partial charge in [-0.25, -0.2) is 0 Å². The minimum atomic E-state index is 0.266. The van der Waals surface area contributed by atoms with Crippen molar-refractivity contribution in [2.45, 2.75) is 58.5 Å². The van der Waals surface area contributed by atoms with E-state index >= 15 is 0 Å². The molecule has 1 aliphatic heterocycles. The third-order valence-electron chi connectivity index (χ3n) is 4.03. The van der Waals surface area contributed by atoms with Crippen LogP contribution in [0.15, 0.2) is 11.6 Å². The highest BCUT2D eigenvalue weighted by molar-refractivity contribution is 5.11. The van der Waals surface area contributed by atoms with E-state index in [2.05, 4.69) is 51.0 Å². The van der Waals surface area contributed by atoms with E-state index in [0.29, 0.717) is 6.04 Å². The topological polar surface area (TPSA) is 15.3 Å². The molecule has 0 aliphatic carbocycles. The van der Waals surface area contributed by atoms with Crippen LogP contribution in [-0.4, -0.2) is 36.6 Å². The monoisotopic (exact) mass is 224 g/mol. The van der Waals surface area contributed by atoms with Crippen LogP contribution < -0.4 is 5.32 Å². The molecule has 1 heterocycles. The fourth-order valence-corrected chi connectivity index (χ4v) is 2.78. The van der Waals surface area contributed by atoms with Gasteiger partial charge in [0.1, 0.15) is 0 Å². The quantitative estimate of drug-likeness (QED) is 0.722.